The molecule has 4 amide bonds. The molecule has 1 aromatic rings. The van der Waals surface area contributed by atoms with Crippen LogP contribution in [0.3, 0.4) is 0 Å². The number of nitrogens with two attached hydrogens (primary N) is 1. The SMILES string of the molecule is CC(C)C[C@H](NC(=O)[C@H](Cc1ccccc1)NC(=O)CNC(=O)OC(C)(C)C)C(N)=O. The molecule has 172 valence electrons. The van der Waals surface area contributed by atoms with Crippen LogP contribution < -0.4 is 21.7 Å². The fourth-order valence-corrected chi connectivity index (χ4v) is 2.76. The van der Waals surface area contributed by atoms with Gasteiger partial charge < -0.3 is 26.4 Å². The molecule has 0 heterocycles. The molecule has 0 aromatic heterocycles. The zero-order valence-electron chi connectivity index (χ0n) is 18.9. The van der Waals surface area contributed by atoms with E-state index in [-0.39, 0.29) is 18.9 Å². The highest BCUT2D eigenvalue weighted by Gasteiger charge is 2.27. The number of ether oxygens (including phenoxy) is 1. The molecule has 31 heavy (non-hydrogen) atoms. The molecule has 0 radical (unpaired) electrons. The summed E-state index contributed by atoms with van der Waals surface area (Å²) in [5.41, 5.74) is 5.54. The quantitative estimate of drug-likeness (QED) is 0.439. The lowest BCUT2D eigenvalue weighted by atomic mass is 10.0. The second kappa shape index (κ2) is 11.9. The van der Waals surface area contributed by atoms with Gasteiger partial charge in [-0.3, -0.25) is 14.4 Å². The van der Waals surface area contributed by atoms with Crippen LogP contribution in [0.25, 0.3) is 0 Å². The second-order valence-corrected chi connectivity index (χ2v) is 8.76. The molecule has 9 nitrogen and oxygen atoms in total. The largest absolute Gasteiger partial charge is 0.444 e. The van der Waals surface area contributed by atoms with E-state index in [1.165, 1.54) is 0 Å². The highest BCUT2D eigenvalue weighted by Crippen LogP contribution is 2.08. The Hall–Kier alpha value is -3.10. The van der Waals surface area contributed by atoms with Crippen LogP contribution >= 0.6 is 0 Å². The van der Waals surface area contributed by atoms with Gasteiger partial charge in [0.1, 0.15) is 24.2 Å². The van der Waals surface area contributed by atoms with Crippen LogP contribution in [-0.2, 0) is 25.5 Å². The Balaban J connectivity index is 2.83. The van der Waals surface area contributed by atoms with Crippen molar-refractivity contribution in [1.29, 1.82) is 0 Å². The minimum atomic E-state index is -0.954. The van der Waals surface area contributed by atoms with Gasteiger partial charge in [0, 0.05) is 6.42 Å². The van der Waals surface area contributed by atoms with Crippen LogP contribution in [0, 0.1) is 5.92 Å². The van der Waals surface area contributed by atoms with Crippen molar-refractivity contribution >= 4 is 23.8 Å². The first-order chi connectivity index (χ1) is 14.4. The second-order valence-electron chi connectivity index (χ2n) is 8.76. The molecule has 0 spiro atoms. The Morgan fingerprint density at radius 3 is 2.13 bits per heavy atom. The van der Waals surface area contributed by atoms with Gasteiger partial charge in [-0.25, -0.2) is 4.79 Å². The molecule has 0 saturated carbocycles. The van der Waals surface area contributed by atoms with Crippen molar-refractivity contribution < 1.29 is 23.9 Å². The summed E-state index contributed by atoms with van der Waals surface area (Å²) in [6.45, 7) is 8.58. The van der Waals surface area contributed by atoms with Gasteiger partial charge in [0.15, 0.2) is 0 Å². The number of benzene rings is 1. The molecule has 0 unspecified atom stereocenters. The normalized spacial score (nSPS) is 13.1. The van der Waals surface area contributed by atoms with Gasteiger partial charge in [0.2, 0.25) is 17.7 Å². The van der Waals surface area contributed by atoms with Crippen molar-refractivity contribution in [3.63, 3.8) is 0 Å². The molecule has 0 aliphatic heterocycles. The van der Waals surface area contributed by atoms with Crippen molar-refractivity contribution in [2.45, 2.75) is 65.1 Å². The summed E-state index contributed by atoms with van der Waals surface area (Å²) in [6, 6.07) is 7.33. The molecule has 0 aliphatic carbocycles. The molecule has 1 rings (SSSR count). The molecule has 0 saturated heterocycles. The molecule has 0 aliphatic rings. The van der Waals surface area contributed by atoms with Crippen molar-refractivity contribution in [1.82, 2.24) is 16.0 Å². The summed E-state index contributed by atoms with van der Waals surface area (Å²) < 4.78 is 5.09. The number of hydrogen-bond acceptors (Lipinski definition) is 5. The van der Waals surface area contributed by atoms with Crippen molar-refractivity contribution in [3.05, 3.63) is 35.9 Å². The van der Waals surface area contributed by atoms with Crippen LogP contribution in [0.4, 0.5) is 4.79 Å². The Labute approximate surface area is 183 Å². The van der Waals surface area contributed by atoms with E-state index < -0.39 is 41.5 Å². The van der Waals surface area contributed by atoms with E-state index in [0.717, 1.165) is 5.56 Å². The highest BCUT2D eigenvalue weighted by atomic mass is 16.6. The summed E-state index contributed by atoms with van der Waals surface area (Å²) in [4.78, 5) is 48.7. The van der Waals surface area contributed by atoms with Gasteiger partial charge in [0.25, 0.3) is 0 Å². The summed E-state index contributed by atoms with van der Waals surface area (Å²) in [5.74, 6) is -1.60. The van der Waals surface area contributed by atoms with Gasteiger partial charge in [0.05, 0.1) is 0 Å². The number of primary amides is 1. The molecule has 1 aromatic carbocycles. The average molecular weight is 435 g/mol. The molecular formula is C22H34N4O5. The van der Waals surface area contributed by atoms with E-state index in [2.05, 4.69) is 16.0 Å². The monoisotopic (exact) mass is 434 g/mol. The van der Waals surface area contributed by atoms with Crippen LogP contribution in [0.1, 0.15) is 46.6 Å². The number of hydrogen-bond donors (Lipinski definition) is 4. The lowest BCUT2D eigenvalue weighted by Gasteiger charge is -2.23. The lowest BCUT2D eigenvalue weighted by molar-refractivity contribution is -0.131. The van der Waals surface area contributed by atoms with Crippen molar-refractivity contribution in [3.8, 4) is 0 Å². The molecule has 0 fully saturated rings. The van der Waals surface area contributed by atoms with E-state index in [0.29, 0.717) is 6.42 Å². The minimum Gasteiger partial charge on any atom is -0.444 e. The fourth-order valence-electron chi connectivity index (χ4n) is 2.76. The van der Waals surface area contributed by atoms with E-state index in [1.54, 1.807) is 20.8 Å². The predicted molar refractivity (Wildman–Crippen MR) is 117 cm³/mol. The van der Waals surface area contributed by atoms with Crippen molar-refractivity contribution in [2.24, 2.45) is 11.7 Å². The summed E-state index contributed by atoms with van der Waals surface area (Å²) in [6.07, 6.45) is -0.150. The third-order valence-corrected chi connectivity index (χ3v) is 4.09. The van der Waals surface area contributed by atoms with E-state index in [4.69, 9.17) is 10.5 Å². The van der Waals surface area contributed by atoms with Crippen LogP contribution in [0.5, 0.6) is 0 Å². The Kier molecular flexibility index (Phi) is 9.98. The molecule has 5 N–H and O–H groups in total. The smallest absolute Gasteiger partial charge is 0.408 e. The molecule has 9 heteroatoms. The fraction of sp³-hybridized carbons (Fsp3) is 0.545. The molecule has 0 bridgehead atoms. The van der Waals surface area contributed by atoms with Gasteiger partial charge in [-0.05, 0) is 38.7 Å². The topological polar surface area (TPSA) is 140 Å². The molecule has 2 atom stereocenters. The number of alkyl carbamates (subject to hydrolysis) is 1. The summed E-state index contributed by atoms with van der Waals surface area (Å²) in [7, 11) is 0. The first kappa shape index (κ1) is 25.9. The van der Waals surface area contributed by atoms with E-state index in [1.807, 2.05) is 44.2 Å². The zero-order chi connectivity index (χ0) is 23.6. The average Bonchev–Trinajstić information content (AvgIpc) is 2.64. The van der Waals surface area contributed by atoms with Gasteiger partial charge in [-0.1, -0.05) is 44.2 Å². The van der Waals surface area contributed by atoms with Crippen LogP contribution in [-0.4, -0.2) is 48.0 Å². The molecular weight excluding hydrogens is 400 g/mol. The number of nitrogens with one attached hydrogen (secondary N) is 3. The summed E-state index contributed by atoms with van der Waals surface area (Å²) in [5, 5.41) is 7.59. The Morgan fingerprint density at radius 2 is 1.61 bits per heavy atom. The first-order valence-electron chi connectivity index (χ1n) is 10.3. The number of carbonyl (C=O) groups excluding carboxylic acids is 4. The van der Waals surface area contributed by atoms with E-state index in [9.17, 15) is 19.2 Å². The maximum absolute atomic E-state index is 12.9. The maximum atomic E-state index is 12.9. The van der Waals surface area contributed by atoms with Gasteiger partial charge >= 0.3 is 6.09 Å². The third kappa shape index (κ3) is 11.0. The van der Waals surface area contributed by atoms with Gasteiger partial charge in [-0.15, -0.1) is 0 Å². The van der Waals surface area contributed by atoms with Gasteiger partial charge in [-0.2, -0.15) is 0 Å². The Morgan fingerprint density at radius 1 is 1.00 bits per heavy atom. The predicted octanol–water partition coefficient (Wildman–Crippen LogP) is 1.25. The van der Waals surface area contributed by atoms with E-state index >= 15 is 0 Å². The number of carbonyl (C=O) groups is 4. The number of amides is 4. The highest BCUT2D eigenvalue weighted by molar-refractivity contribution is 5.92. The standard InChI is InChI=1S/C22H34N4O5/c1-14(2)11-16(19(23)28)26-20(29)17(12-15-9-7-6-8-10-15)25-18(27)13-24-21(30)31-22(3,4)5/h6-10,14,16-17H,11-13H2,1-5H3,(H2,23,28)(H,24,30)(H,25,27)(H,26,29)/t16-,17-/m0/s1. The van der Waals surface area contributed by atoms with Crippen molar-refractivity contribution in [2.75, 3.05) is 6.54 Å². The zero-order valence-corrected chi connectivity index (χ0v) is 18.9. The lowest BCUT2D eigenvalue weighted by Crippen LogP contribution is -2.55. The van der Waals surface area contributed by atoms with Crippen LogP contribution in [0.2, 0.25) is 0 Å². The third-order valence-electron chi connectivity index (χ3n) is 4.09. The Bertz CT molecular complexity index is 759. The maximum Gasteiger partial charge on any atom is 0.408 e. The minimum absolute atomic E-state index is 0.137. The summed E-state index contributed by atoms with van der Waals surface area (Å²) >= 11 is 0. The number of rotatable bonds is 10. The first-order valence-corrected chi connectivity index (χ1v) is 10.3. The van der Waals surface area contributed by atoms with Crippen LogP contribution in [0.15, 0.2) is 30.3 Å².